The molecule has 0 spiro atoms. The molecular weight excluding hydrogens is 467 g/mol. The smallest absolute Gasteiger partial charge is 0.224 e. The molecule has 1 amide bonds. The van der Waals surface area contributed by atoms with Crippen molar-refractivity contribution in [1.82, 2.24) is 15.5 Å². The van der Waals surface area contributed by atoms with Crippen molar-refractivity contribution in [2.24, 2.45) is 16.3 Å². The molecule has 1 atom stereocenters. The van der Waals surface area contributed by atoms with E-state index in [0.29, 0.717) is 24.3 Å². The van der Waals surface area contributed by atoms with E-state index < -0.39 is 0 Å². The number of guanidine groups is 1. The molecule has 2 rings (SSSR count). The summed E-state index contributed by atoms with van der Waals surface area (Å²) in [6.07, 6.45) is 9.15. The van der Waals surface area contributed by atoms with Gasteiger partial charge < -0.3 is 20.3 Å². The van der Waals surface area contributed by atoms with Crippen molar-refractivity contribution >= 4 is 35.8 Å². The average Bonchev–Trinajstić information content (AvgIpc) is 3.13. The minimum Gasteiger partial charge on any atom is -0.382 e. The summed E-state index contributed by atoms with van der Waals surface area (Å²) >= 11 is 0. The molecule has 1 heterocycles. The highest BCUT2D eigenvalue weighted by Gasteiger charge is 2.33. The number of hydrogen-bond donors (Lipinski definition) is 2. The number of carbonyl (C=O) groups is 1. The number of hydrogen-bond acceptors (Lipinski definition) is 3. The maximum Gasteiger partial charge on any atom is 0.224 e. The molecule has 0 bridgehead atoms. The van der Waals surface area contributed by atoms with Crippen LogP contribution in [0.5, 0.6) is 0 Å². The molecule has 2 aliphatic rings. The van der Waals surface area contributed by atoms with E-state index >= 15 is 0 Å². The zero-order valence-electron chi connectivity index (χ0n) is 18.1. The lowest BCUT2D eigenvalue weighted by atomic mass is 9.83. The Morgan fingerprint density at radius 3 is 2.64 bits per heavy atom. The molecule has 2 N–H and O–H groups in total. The Balaban J connectivity index is 0.00000392. The van der Waals surface area contributed by atoms with E-state index in [1.165, 1.54) is 32.1 Å². The third-order valence-electron chi connectivity index (χ3n) is 6.14. The fourth-order valence-electron chi connectivity index (χ4n) is 4.43. The predicted octanol–water partition coefficient (Wildman–Crippen LogP) is 3.41. The summed E-state index contributed by atoms with van der Waals surface area (Å²) in [4.78, 5) is 18.7. The molecule has 0 radical (unpaired) electrons. The summed E-state index contributed by atoms with van der Waals surface area (Å²) in [6.45, 7) is 9.30. The summed E-state index contributed by atoms with van der Waals surface area (Å²) in [5.41, 5.74) is 0.326. The molecule has 1 saturated carbocycles. The van der Waals surface area contributed by atoms with Gasteiger partial charge in [0, 0.05) is 52.9 Å². The normalized spacial score (nSPS) is 21.9. The second kappa shape index (κ2) is 13.6. The summed E-state index contributed by atoms with van der Waals surface area (Å²) in [7, 11) is 1.80. The second-order valence-electron chi connectivity index (χ2n) is 8.34. The fourth-order valence-corrected chi connectivity index (χ4v) is 4.43. The van der Waals surface area contributed by atoms with Gasteiger partial charge in [-0.1, -0.05) is 19.8 Å². The number of nitrogens with one attached hydrogen (secondary N) is 2. The third-order valence-corrected chi connectivity index (χ3v) is 6.14. The molecule has 1 unspecified atom stereocenters. The van der Waals surface area contributed by atoms with Gasteiger partial charge in [-0.15, -0.1) is 24.0 Å². The predicted molar refractivity (Wildman–Crippen MR) is 126 cm³/mol. The van der Waals surface area contributed by atoms with Gasteiger partial charge in [0.05, 0.1) is 0 Å². The van der Waals surface area contributed by atoms with Crippen molar-refractivity contribution < 1.29 is 9.53 Å². The Bertz CT molecular complexity index is 481. The molecule has 0 aromatic carbocycles. The van der Waals surface area contributed by atoms with Crippen LogP contribution in [-0.4, -0.2) is 63.2 Å². The van der Waals surface area contributed by atoms with Crippen LogP contribution >= 0.6 is 24.0 Å². The van der Waals surface area contributed by atoms with E-state index in [0.717, 1.165) is 51.6 Å². The number of piperidine rings is 1. The largest absolute Gasteiger partial charge is 0.382 e. The third kappa shape index (κ3) is 8.43. The quantitative estimate of drug-likeness (QED) is 0.217. The number of carbonyl (C=O) groups excluding carboxylic acids is 1. The van der Waals surface area contributed by atoms with Gasteiger partial charge in [0.1, 0.15) is 0 Å². The standard InChI is InChI=1S/C21H40N4O2.HI/c1-4-27-15-12-21(10-5-6-11-21)17-24-20(22-3)23-13-9-19(26)25-14-7-8-18(2)16-25;/h18H,4-17H2,1-3H3,(H2,22,23,24);1H. The number of nitrogens with zero attached hydrogens (tertiary/aromatic N) is 2. The lowest BCUT2D eigenvalue weighted by molar-refractivity contribution is -0.132. The summed E-state index contributed by atoms with van der Waals surface area (Å²) in [5, 5.41) is 6.82. The molecule has 1 aliphatic heterocycles. The minimum absolute atomic E-state index is 0. The molecule has 28 heavy (non-hydrogen) atoms. The molecule has 7 heteroatoms. The maximum atomic E-state index is 12.4. The molecule has 1 saturated heterocycles. The minimum atomic E-state index is 0. The lowest BCUT2D eigenvalue weighted by Crippen LogP contribution is -2.45. The van der Waals surface area contributed by atoms with Crippen LogP contribution in [0, 0.1) is 11.3 Å². The summed E-state index contributed by atoms with van der Waals surface area (Å²) in [6, 6.07) is 0. The highest BCUT2D eigenvalue weighted by molar-refractivity contribution is 14.0. The number of rotatable bonds is 9. The van der Waals surface area contributed by atoms with Crippen LogP contribution in [0.4, 0.5) is 0 Å². The van der Waals surface area contributed by atoms with E-state index in [9.17, 15) is 4.79 Å². The van der Waals surface area contributed by atoms with Crippen LogP contribution in [0.1, 0.15) is 65.2 Å². The Morgan fingerprint density at radius 2 is 2.00 bits per heavy atom. The van der Waals surface area contributed by atoms with Gasteiger partial charge in [-0.2, -0.15) is 0 Å². The van der Waals surface area contributed by atoms with Crippen LogP contribution in [0.25, 0.3) is 0 Å². The van der Waals surface area contributed by atoms with Gasteiger partial charge in [-0.3, -0.25) is 9.79 Å². The molecule has 164 valence electrons. The number of ether oxygens (including phenoxy) is 1. The fraction of sp³-hybridized carbons (Fsp3) is 0.905. The van der Waals surface area contributed by atoms with Crippen molar-refractivity contribution in [3.63, 3.8) is 0 Å². The molecule has 0 aromatic heterocycles. The number of likely N-dealkylation sites (tertiary alicyclic amines) is 1. The second-order valence-corrected chi connectivity index (χ2v) is 8.34. The van der Waals surface area contributed by atoms with Crippen LogP contribution < -0.4 is 10.6 Å². The molecule has 6 nitrogen and oxygen atoms in total. The van der Waals surface area contributed by atoms with Gasteiger partial charge in [0.2, 0.25) is 5.91 Å². The van der Waals surface area contributed by atoms with Crippen molar-refractivity contribution in [3.05, 3.63) is 0 Å². The maximum absolute atomic E-state index is 12.4. The van der Waals surface area contributed by atoms with Crippen molar-refractivity contribution in [2.45, 2.75) is 65.2 Å². The summed E-state index contributed by atoms with van der Waals surface area (Å²) in [5.74, 6) is 1.69. The Hall–Kier alpha value is -0.570. The molecule has 2 fully saturated rings. The molecular formula is C21H41IN4O2. The van der Waals surface area contributed by atoms with E-state index in [4.69, 9.17) is 4.74 Å². The first kappa shape index (κ1) is 25.5. The van der Waals surface area contributed by atoms with E-state index in [1.54, 1.807) is 7.05 Å². The van der Waals surface area contributed by atoms with Crippen molar-refractivity contribution in [1.29, 1.82) is 0 Å². The van der Waals surface area contributed by atoms with Gasteiger partial charge in [0.25, 0.3) is 0 Å². The Morgan fingerprint density at radius 1 is 1.25 bits per heavy atom. The first-order chi connectivity index (χ1) is 13.1. The van der Waals surface area contributed by atoms with E-state index in [1.807, 2.05) is 4.90 Å². The average molecular weight is 508 g/mol. The number of halogens is 1. The Labute approximate surface area is 188 Å². The van der Waals surface area contributed by atoms with Gasteiger partial charge in [0.15, 0.2) is 5.96 Å². The SMILES string of the molecule is CCOCCC1(CNC(=NC)NCCC(=O)N2CCCC(C)C2)CCCC1.I. The zero-order chi connectivity index (χ0) is 19.5. The van der Waals surface area contributed by atoms with E-state index in [2.05, 4.69) is 29.5 Å². The first-order valence-electron chi connectivity index (χ1n) is 10.9. The molecule has 1 aliphatic carbocycles. The molecule has 0 aromatic rings. The van der Waals surface area contributed by atoms with E-state index in [-0.39, 0.29) is 29.9 Å². The topological polar surface area (TPSA) is 66.0 Å². The van der Waals surface area contributed by atoms with Crippen LogP contribution in [0.2, 0.25) is 0 Å². The van der Waals surface area contributed by atoms with Crippen molar-refractivity contribution in [3.8, 4) is 0 Å². The number of aliphatic imine (C=N–C) groups is 1. The lowest BCUT2D eigenvalue weighted by Gasteiger charge is -2.31. The monoisotopic (exact) mass is 508 g/mol. The highest BCUT2D eigenvalue weighted by Crippen LogP contribution is 2.40. The highest BCUT2D eigenvalue weighted by atomic mass is 127. The van der Waals surface area contributed by atoms with Crippen LogP contribution in [0.3, 0.4) is 0 Å². The van der Waals surface area contributed by atoms with Gasteiger partial charge in [-0.05, 0) is 50.4 Å². The van der Waals surface area contributed by atoms with Gasteiger partial charge in [-0.25, -0.2) is 0 Å². The first-order valence-corrected chi connectivity index (χ1v) is 10.9. The van der Waals surface area contributed by atoms with Gasteiger partial charge >= 0.3 is 0 Å². The zero-order valence-corrected chi connectivity index (χ0v) is 20.4. The number of amides is 1. The van der Waals surface area contributed by atoms with Crippen LogP contribution in [0.15, 0.2) is 4.99 Å². The van der Waals surface area contributed by atoms with Crippen molar-refractivity contribution in [2.75, 3.05) is 46.4 Å². The van der Waals surface area contributed by atoms with Crippen LogP contribution in [-0.2, 0) is 9.53 Å². The Kier molecular flexibility index (Phi) is 12.4. The summed E-state index contributed by atoms with van der Waals surface area (Å²) < 4.78 is 5.59.